The van der Waals surface area contributed by atoms with Crippen LogP contribution in [0.4, 0.5) is 0 Å². The molecule has 1 aromatic carbocycles. The monoisotopic (exact) mass is 263 g/mol. The molecule has 5 heteroatoms. The SMILES string of the molecule is CCON1C(=O)[C@@H](OC(C)=O)[C@H]1Cc1ccccc1. The third-order valence-corrected chi connectivity index (χ3v) is 2.96. The summed E-state index contributed by atoms with van der Waals surface area (Å²) in [6, 6.07) is 9.48. The van der Waals surface area contributed by atoms with Crippen molar-refractivity contribution in [2.75, 3.05) is 6.61 Å². The van der Waals surface area contributed by atoms with Crippen LogP contribution in [0, 0.1) is 0 Å². The first-order valence-corrected chi connectivity index (χ1v) is 6.30. The van der Waals surface area contributed by atoms with E-state index in [0.717, 1.165) is 5.56 Å². The standard InChI is InChI=1S/C14H17NO4/c1-3-18-15-12(9-11-7-5-4-6-8-11)13(14(15)17)19-10(2)16/h4-8,12-13H,3,9H2,1-2H3/t12-,13+/m1/s1. The molecule has 0 bridgehead atoms. The molecule has 2 rings (SSSR count). The molecule has 0 radical (unpaired) electrons. The Bertz CT molecular complexity index is 460. The van der Waals surface area contributed by atoms with Crippen LogP contribution in [0.25, 0.3) is 0 Å². The molecule has 1 aliphatic rings. The first kappa shape index (κ1) is 13.5. The lowest BCUT2D eigenvalue weighted by molar-refractivity contribution is -0.255. The number of benzene rings is 1. The van der Waals surface area contributed by atoms with Gasteiger partial charge in [0.05, 0.1) is 6.61 Å². The predicted molar refractivity (Wildman–Crippen MR) is 68.0 cm³/mol. The largest absolute Gasteiger partial charge is 0.450 e. The Hall–Kier alpha value is -1.88. The Morgan fingerprint density at radius 2 is 2.00 bits per heavy atom. The van der Waals surface area contributed by atoms with Crippen LogP contribution in [0.3, 0.4) is 0 Å². The molecule has 19 heavy (non-hydrogen) atoms. The van der Waals surface area contributed by atoms with Gasteiger partial charge in [-0.15, -0.1) is 0 Å². The van der Waals surface area contributed by atoms with Gasteiger partial charge >= 0.3 is 5.97 Å². The van der Waals surface area contributed by atoms with E-state index in [9.17, 15) is 9.59 Å². The molecule has 102 valence electrons. The third kappa shape index (κ3) is 2.93. The summed E-state index contributed by atoms with van der Waals surface area (Å²) in [7, 11) is 0. The van der Waals surface area contributed by atoms with Crippen molar-refractivity contribution in [2.45, 2.75) is 32.4 Å². The molecular formula is C14H17NO4. The van der Waals surface area contributed by atoms with E-state index in [0.29, 0.717) is 13.0 Å². The summed E-state index contributed by atoms with van der Waals surface area (Å²) >= 11 is 0. The van der Waals surface area contributed by atoms with Gasteiger partial charge in [0.25, 0.3) is 5.91 Å². The van der Waals surface area contributed by atoms with Crippen LogP contribution in [0.5, 0.6) is 0 Å². The fourth-order valence-corrected chi connectivity index (χ4v) is 2.15. The van der Waals surface area contributed by atoms with E-state index in [1.54, 1.807) is 0 Å². The lowest BCUT2D eigenvalue weighted by Crippen LogP contribution is -2.66. The van der Waals surface area contributed by atoms with Crippen molar-refractivity contribution in [1.82, 2.24) is 5.06 Å². The zero-order chi connectivity index (χ0) is 13.8. The molecule has 5 nitrogen and oxygen atoms in total. The first-order chi connectivity index (χ1) is 9.13. The number of hydroxylamine groups is 2. The minimum atomic E-state index is -0.732. The second kappa shape index (κ2) is 5.84. The molecule has 1 amide bonds. The zero-order valence-electron chi connectivity index (χ0n) is 11.0. The van der Waals surface area contributed by atoms with E-state index in [1.807, 2.05) is 37.3 Å². The molecule has 2 atom stereocenters. The maximum absolute atomic E-state index is 11.8. The summed E-state index contributed by atoms with van der Waals surface area (Å²) in [6.45, 7) is 3.52. The average molecular weight is 263 g/mol. The van der Waals surface area contributed by atoms with Gasteiger partial charge in [0.2, 0.25) is 6.10 Å². The topological polar surface area (TPSA) is 55.8 Å². The van der Waals surface area contributed by atoms with Gasteiger partial charge in [-0.25, -0.2) is 5.06 Å². The van der Waals surface area contributed by atoms with E-state index in [2.05, 4.69) is 0 Å². The van der Waals surface area contributed by atoms with Gasteiger partial charge in [0.1, 0.15) is 6.04 Å². The molecule has 1 saturated heterocycles. The Kier molecular flexibility index (Phi) is 4.16. The van der Waals surface area contributed by atoms with Crippen LogP contribution < -0.4 is 0 Å². The number of ether oxygens (including phenoxy) is 1. The second-order valence-electron chi connectivity index (χ2n) is 4.37. The summed E-state index contributed by atoms with van der Waals surface area (Å²) in [5.74, 6) is -0.745. The summed E-state index contributed by atoms with van der Waals surface area (Å²) in [5, 5.41) is 1.31. The number of hydrogen-bond donors (Lipinski definition) is 0. The first-order valence-electron chi connectivity index (χ1n) is 6.30. The lowest BCUT2D eigenvalue weighted by Gasteiger charge is -2.44. The molecule has 1 aliphatic heterocycles. The molecule has 0 aliphatic carbocycles. The molecule has 0 saturated carbocycles. The number of carbonyl (C=O) groups excluding carboxylic acids is 2. The van der Waals surface area contributed by atoms with Crippen molar-refractivity contribution in [3.8, 4) is 0 Å². The number of nitrogens with zero attached hydrogens (tertiary/aromatic N) is 1. The van der Waals surface area contributed by atoms with Crippen LogP contribution in [0.1, 0.15) is 19.4 Å². The normalized spacial score (nSPS) is 22.0. The fourth-order valence-electron chi connectivity index (χ4n) is 2.15. The highest BCUT2D eigenvalue weighted by Gasteiger charge is 2.51. The van der Waals surface area contributed by atoms with Gasteiger partial charge in [0.15, 0.2) is 0 Å². The van der Waals surface area contributed by atoms with Gasteiger partial charge in [0, 0.05) is 6.92 Å². The van der Waals surface area contributed by atoms with Crippen LogP contribution in [-0.2, 0) is 25.6 Å². The Labute approximate surface area is 112 Å². The smallest absolute Gasteiger partial charge is 0.303 e. The third-order valence-electron chi connectivity index (χ3n) is 2.96. The van der Waals surface area contributed by atoms with Crippen molar-refractivity contribution in [2.24, 2.45) is 0 Å². The number of hydrogen-bond acceptors (Lipinski definition) is 4. The van der Waals surface area contributed by atoms with Crippen molar-refractivity contribution in [1.29, 1.82) is 0 Å². The van der Waals surface area contributed by atoms with E-state index < -0.39 is 12.1 Å². The Morgan fingerprint density at radius 1 is 1.32 bits per heavy atom. The molecule has 0 N–H and O–H groups in total. The van der Waals surface area contributed by atoms with Gasteiger partial charge in [-0.2, -0.15) is 0 Å². The van der Waals surface area contributed by atoms with Crippen molar-refractivity contribution < 1.29 is 19.2 Å². The predicted octanol–water partition coefficient (Wildman–Crippen LogP) is 1.32. The van der Waals surface area contributed by atoms with Gasteiger partial charge < -0.3 is 4.74 Å². The minimum absolute atomic E-state index is 0.251. The maximum Gasteiger partial charge on any atom is 0.303 e. The van der Waals surface area contributed by atoms with Gasteiger partial charge in [-0.3, -0.25) is 14.4 Å². The Morgan fingerprint density at radius 3 is 2.58 bits per heavy atom. The second-order valence-corrected chi connectivity index (χ2v) is 4.37. The highest BCUT2D eigenvalue weighted by Crippen LogP contribution is 2.27. The molecule has 0 aromatic heterocycles. The number of rotatable bonds is 5. The summed E-state index contributed by atoms with van der Waals surface area (Å²) < 4.78 is 5.05. The number of carbonyl (C=O) groups is 2. The van der Waals surface area contributed by atoms with E-state index >= 15 is 0 Å². The highest BCUT2D eigenvalue weighted by atomic mass is 16.7. The molecule has 1 fully saturated rings. The van der Waals surface area contributed by atoms with E-state index in [4.69, 9.17) is 9.57 Å². The van der Waals surface area contributed by atoms with Gasteiger partial charge in [-0.1, -0.05) is 30.3 Å². The molecular weight excluding hydrogens is 246 g/mol. The van der Waals surface area contributed by atoms with Crippen molar-refractivity contribution in [3.63, 3.8) is 0 Å². The fraction of sp³-hybridized carbons (Fsp3) is 0.429. The van der Waals surface area contributed by atoms with Crippen LogP contribution in [0.2, 0.25) is 0 Å². The van der Waals surface area contributed by atoms with Crippen LogP contribution in [-0.4, -0.2) is 35.7 Å². The van der Waals surface area contributed by atoms with E-state index in [1.165, 1.54) is 12.0 Å². The molecule has 1 aromatic rings. The minimum Gasteiger partial charge on any atom is -0.450 e. The zero-order valence-corrected chi connectivity index (χ0v) is 11.0. The highest BCUT2D eigenvalue weighted by molar-refractivity contribution is 5.89. The van der Waals surface area contributed by atoms with Crippen LogP contribution >= 0.6 is 0 Å². The van der Waals surface area contributed by atoms with Crippen LogP contribution in [0.15, 0.2) is 30.3 Å². The van der Waals surface area contributed by atoms with Crippen molar-refractivity contribution in [3.05, 3.63) is 35.9 Å². The molecule has 1 heterocycles. The lowest BCUT2D eigenvalue weighted by atomic mass is 9.93. The number of amides is 1. The number of esters is 1. The quantitative estimate of drug-likeness (QED) is 0.594. The molecule has 0 unspecified atom stereocenters. The number of β-lactam (4-membered cyclic amide) rings is 1. The molecule has 0 spiro atoms. The van der Waals surface area contributed by atoms with Crippen molar-refractivity contribution >= 4 is 11.9 Å². The maximum atomic E-state index is 11.8. The van der Waals surface area contributed by atoms with E-state index in [-0.39, 0.29) is 11.9 Å². The average Bonchev–Trinajstić information content (AvgIpc) is 2.41. The summed E-state index contributed by atoms with van der Waals surface area (Å²) in [5.41, 5.74) is 1.07. The van der Waals surface area contributed by atoms with Gasteiger partial charge in [-0.05, 0) is 18.9 Å². The summed E-state index contributed by atoms with van der Waals surface area (Å²) in [6.07, 6.45) is -0.130. The summed E-state index contributed by atoms with van der Waals surface area (Å²) in [4.78, 5) is 28.1. The Balaban J connectivity index is 2.08.